The Morgan fingerprint density at radius 3 is 2.57 bits per heavy atom. The van der Waals surface area contributed by atoms with Crippen molar-refractivity contribution in [3.05, 3.63) is 28.2 Å². The highest BCUT2D eigenvalue weighted by molar-refractivity contribution is 6.42. The Kier molecular flexibility index (Phi) is 8.98. The molecular formula is C14H21Cl2N3O2. The molecule has 7 heteroatoms. The molecule has 0 aliphatic rings. The van der Waals surface area contributed by atoms with Crippen LogP contribution in [0.5, 0.6) is 5.75 Å². The summed E-state index contributed by atoms with van der Waals surface area (Å²) in [7, 11) is 1.71. The van der Waals surface area contributed by atoms with Crippen molar-refractivity contribution in [1.82, 2.24) is 10.6 Å². The topological polar surface area (TPSA) is 54.9 Å². The minimum atomic E-state index is 0.429. The van der Waals surface area contributed by atoms with Gasteiger partial charge < -0.3 is 20.1 Å². The van der Waals surface area contributed by atoms with Gasteiger partial charge in [-0.1, -0.05) is 29.3 Å². The average Bonchev–Trinajstić information content (AvgIpc) is 2.49. The molecule has 0 aromatic heterocycles. The number of hydrogen-bond donors (Lipinski definition) is 2. The zero-order chi connectivity index (χ0) is 15.5. The largest absolute Gasteiger partial charge is 0.490 e. The molecule has 0 fully saturated rings. The van der Waals surface area contributed by atoms with Crippen molar-refractivity contribution in [2.75, 3.05) is 40.0 Å². The number of rotatable bonds is 8. The molecule has 0 bridgehead atoms. The van der Waals surface area contributed by atoms with Crippen LogP contribution in [0.4, 0.5) is 0 Å². The number of aliphatic imine (C=N–C) groups is 1. The van der Waals surface area contributed by atoms with Crippen LogP contribution >= 0.6 is 23.2 Å². The van der Waals surface area contributed by atoms with Crippen molar-refractivity contribution in [3.63, 3.8) is 0 Å². The zero-order valence-corrected chi connectivity index (χ0v) is 13.8. The van der Waals surface area contributed by atoms with Gasteiger partial charge >= 0.3 is 0 Å². The molecule has 1 rings (SSSR count). The van der Waals surface area contributed by atoms with Gasteiger partial charge in [-0.3, -0.25) is 4.99 Å². The number of halogens is 2. The summed E-state index contributed by atoms with van der Waals surface area (Å²) in [4.78, 5) is 4.10. The van der Waals surface area contributed by atoms with E-state index in [0.29, 0.717) is 54.7 Å². The fourth-order valence-corrected chi connectivity index (χ4v) is 1.88. The van der Waals surface area contributed by atoms with Gasteiger partial charge in [-0.15, -0.1) is 0 Å². The van der Waals surface area contributed by atoms with Crippen LogP contribution in [-0.2, 0) is 4.74 Å². The summed E-state index contributed by atoms with van der Waals surface area (Å²) in [6.07, 6.45) is 0. The zero-order valence-electron chi connectivity index (χ0n) is 12.3. The fraction of sp³-hybridized carbons (Fsp3) is 0.500. The quantitative estimate of drug-likeness (QED) is 0.436. The molecule has 0 saturated heterocycles. The third-order valence-electron chi connectivity index (χ3n) is 2.53. The highest BCUT2D eigenvalue weighted by Crippen LogP contribution is 2.31. The van der Waals surface area contributed by atoms with Crippen molar-refractivity contribution < 1.29 is 9.47 Å². The van der Waals surface area contributed by atoms with Crippen molar-refractivity contribution in [2.24, 2.45) is 4.99 Å². The highest BCUT2D eigenvalue weighted by atomic mass is 35.5. The summed E-state index contributed by atoms with van der Waals surface area (Å²) in [6.45, 7) is 5.07. The van der Waals surface area contributed by atoms with Crippen LogP contribution in [0.3, 0.4) is 0 Å². The Morgan fingerprint density at radius 2 is 1.90 bits per heavy atom. The van der Waals surface area contributed by atoms with Gasteiger partial charge in [-0.2, -0.15) is 0 Å². The van der Waals surface area contributed by atoms with E-state index in [-0.39, 0.29) is 0 Å². The second kappa shape index (κ2) is 10.5. The predicted molar refractivity (Wildman–Crippen MR) is 87.8 cm³/mol. The first-order valence-corrected chi connectivity index (χ1v) is 7.53. The molecule has 2 N–H and O–H groups in total. The number of nitrogens with zero attached hydrogens (tertiary/aromatic N) is 1. The fourth-order valence-electron chi connectivity index (χ4n) is 1.53. The molecule has 0 heterocycles. The SMILES string of the molecule is CCOCCNC(=NC)NCCOc1cccc(Cl)c1Cl. The first kappa shape index (κ1) is 17.9. The van der Waals surface area contributed by atoms with Crippen molar-refractivity contribution in [3.8, 4) is 5.75 Å². The van der Waals surface area contributed by atoms with E-state index < -0.39 is 0 Å². The number of benzene rings is 1. The molecule has 0 radical (unpaired) electrons. The molecule has 0 amide bonds. The number of guanidine groups is 1. The third-order valence-corrected chi connectivity index (χ3v) is 3.34. The third kappa shape index (κ3) is 6.89. The lowest BCUT2D eigenvalue weighted by molar-refractivity contribution is 0.152. The molecule has 0 spiro atoms. The minimum absolute atomic E-state index is 0.429. The maximum absolute atomic E-state index is 6.03. The maximum Gasteiger partial charge on any atom is 0.191 e. The lowest BCUT2D eigenvalue weighted by Gasteiger charge is -2.13. The van der Waals surface area contributed by atoms with E-state index in [1.807, 2.05) is 6.92 Å². The van der Waals surface area contributed by atoms with Crippen LogP contribution < -0.4 is 15.4 Å². The lowest BCUT2D eigenvalue weighted by atomic mass is 10.3. The van der Waals surface area contributed by atoms with Crippen LogP contribution in [-0.4, -0.2) is 45.9 Å². The molecule has 0 saturated carbocycles. The van der Waals surface area contributed by atoms with E-state index in [2.05, 4.69) is 15.6 Å². The summed E-state index contributed by atoms with van der Waals surface area (Å²) in [5.74, 6) is 1.28. The van der Waals surface area contributed by atoms with E-state index in [0.717, 1.165) is 0 Å². The summed E-state index contributed by atoms with van der Waals surface area (Å²) < 4.78 is 10.8. The molecule has 118 valence electrons. The molecule has 1 aromatic rings. The second-order valence-electron chi connectivity index (χ2n) is 4.02. The van der Waals surface area contributed by atoms with E-state index >= 15 is 0 Å². The summed E-state index contributed by atoms with van der Waals surface area (Å²) in [5, 5.41) is 7.18. The first-order valence-electron chi connectivity index (χ1n) is 6.78. The van der Waals surface area contributed by atoms with Crippen LogP contribution in [0.25, 0.3) is 0 Å². The van der Waals surface area contributed by atoms with Crippen LogP contribution in [0.1, 0.15) is 6.92 Å². The van der Waals surface area contributed by atoms with Crippen LogP contribution in [0.2, 0.25) is 10.0 Å². The normalized spacial score (nSPS) is 11.3. The van der Waals surface area contributed by atoms with E-state index in [1.165, 1.54) is 0 Å². The molecule has 0 aliphatic carbocycles. The second-order valence-corrected chi connectivity index (χ2v) is 4.81. The van der Waals surface area contributed by atoms with Gasteiger partial charge in [0.1, 0.15) is 17.4 Å². The number of hydrogen-bond acceptors (Lipinski definition) is 3. The Labute approximate surface area is 135 Å². The molecule has 21 heavy (non-hydrogen) atoms. The summed E-state index contributed by atoms with van der Waals surface area (Å²) >= 11 is 11.9. The van der Waals surface area contributed by atoms with Crippen LogP contribution in [0.15, 0.2) is 23.2 Å². The molecule has 0 aliphatic heterocycles. The van der Waals surface area contributed by atoms with Gasteiger partial charge in [0, 0.05) is 20.2 Å². The lowest BCUT2D eigenvalue weighted by Crippen LogP contribution is -2.40. The molecule has 1 aromatic carbocycles. The standard InChI is InChI=1S/C14H21Cl2N3O2/c1-3-20-9-7-18-14(17-2)19-8-10-21-12-6-4-5-11(15)13(12)16/h4-6H,3,7-10H2,1-2H3,(H2,17,18,19). The average molecular weight is 334 g/mol. The van der Waals surface area contributed by atoms with Crippen molar-refractivity contribution >= 4 is 29.2 Å². The van der Waals surface area contributed by atoms with Crippen molar-refractivity contribution in [2.45, 2.75) is 6.92 Å². The highest BCUT2D eigenvalue weighted by Gasteiger charge is 2.05. The van der Waals surface area contributed by atoms with Gasteiger partial charge in [0.05, 0.1) is 18.2 Å². The first-order chi connectivity index (χ1) is 10.2. The maximum atomic E-state index is 6.03. The molecule has 0 atom stereocenters. The van der Waals surface area contributed by atoms with Gasteiger partial charge in [-0.05, 0) is 19.1 Å². The Bertz CT molecular complexity index is 456. The smallest absolute Gasteiger partial charge is 0.191 e. The predicted octanol–water partition coefficient (Wildman–Crippen LogP) is 2.57. The summed E-state index contributed by atoms with van der Waals surface area (Å²) in [6, 6.07) is 5.30. The van der Waals surface area contributed by atoms with E-state index in [1.54, 1.807) is 25.2 Å². The number of nitrogens with one attached hydrogen (secondary N) is 2. The molecule has 5 nitrogen and oxygen atoms in total. The summed E-state index contributed by atoms with van der Waals surface area (Å²) in [5.41, 5.74) is 0. The van der Waals surface area contributed by atoms with Gasteiger partial charge in [0.15, 0.2) is 5.96 Å². The van der Waals surface area contributed by atoms with Crippen molar-refractivity contribution in [1.29, 1.82) is 0 Å². The Morgan fingerprint density at radius 1 is 1.19 bits per heavy atom. The van der Waals surface area contributed by atoms with Gasteiger partial charge in [0.2, 0.25) is 0 Å². The van der Waals surface area contributed by atoms with E-state index in [4.69, 9.17) is 32.7 Å². The molecule has 0 unspecified atom stereocenters. The monoisotopic (exact) mass is 333 g/mol. The minimum Gasteiger partial charge on any atom is -0.490 e. The number of ether oxygens (including phenoxy) is 2. The Balaban J connectivity index is 2.24. The van der Waals surface area contributed by atoms with Gasteiger partial charge in [-0.25, -0.2) is 0 Å². The van der Waals surface area contributed by atoms with Crippen LogP contribution in [0, 0.1) is 0 Å². The molecular weight excluding hydrogens is 313 g/mol. The Hall–Kier alpha value is -1.17. The van der Waals surface area contributed by atoms with E-state index in [9.17, 15) is 0 Å². The van der Waals surface area contributed by atoms with Gasteiger partial charge in [0.25, 0.3) is 0 Å².